The Hall–Kier alpha value is -1.85. The van der Waals surface area contributed by atoms with Crippen LogP contribution in [0.3, 0.4) is 0 Å². The minimum Gasteiger partial charge on any atom is -0.360 e. The van der Waals surface area contributed by atoms with Gasteiger partial charge < -0.3 is 9.84 Å². The van der Waals surface area contributed by atoms with Crippen LogP contribution in [0, 0.1) is 6.92 Å². The maximum absolute atomic E-state index is 11.3. The normalized spacial score (nSPS) is 9.88. The Morgan fingerprint density at radius 3 is 2.75 bits per heavy atom. The molecule has 6 nitrogen and oxygen atoms in total. The molecule has 1 heterocycles. The molecule has 0 aliphatic rings. The number of carbonyl (C=O) groups excluding carboxylic acids is 2. The van der Waals surface area contributed by atoms with Crippen LogP contribution in [0.15, 0.2) is 10.6 Å². The average Bonchev–Trinajstić information content (AvgIpc) is 2.64. The maximum atomic E-state index is 11.3. The van der Waals surface area contributed by atoms with E-state index in [1.54, 1.807) is 6.92 Å². The van der Waals surface area contributed by atoms with E-state index in [1.165, 1.54) is 6.07 Å². The molecule has 1 aromatic heterocycles. The van der Waals surface area contributed by atoms with Gasteiger partial charge in [-0.15, -0.1) is 0 Å². The lowest BCUT2D eigenvalue weighted by molar-refractivity contribution is -0.136. The molecule has 0 aliphatic carbocycles. The highest BCUT2D eigenvalue weighted by atomic mass is 16.5. The number of nitrogens with one attached hydrogen (secondary N) is 2. The Morgan fingerprint density at radius 1 is 1.44 bits per heavy atom. The third-order valence-corrected chi connectivity index (χ3v) is 1.89. The fourth-order valence-electron chi connectivity index (χ4n) is 1.06. The van der Waals surface area contributed by atoms with Gasteiger partial charge in [0.05, 0.1) is 0 Å². The summed E-state index contributed by atoms with van der Waals surface area (Å²) in [6.45, 7) is 4.20. The van der Waals surface area contributed by atoms with Crippen molar-refractivity contribution in [3.63, 3.8) is 0 Å². The van der Waals surface area contributed by atoms with Crippen LogP contribution in [0.25, 0.3) is 0 Å². The van der Waals surface area contributed by atoms with Crippen LogP contribution in [0.5, 0.6) is 0 Å². The summed E-state index contributed by atoms with van der Waals surface area (Å²) in [7, 11) is 0. The van der Waals surface area contributed by atoms with Crippen LogP contribution in [0.1, 0.15) is 25.5 Å². The second kappa shape index (κ2) is 5.89. The number of anilines is 1. The molecule has 0 bridgehead atoms. The third kappa shape index (κ3) is 3.72. The molecular formula is C10H15N3O3. The lowest BCUT2D eigenvalue weighted by Gasteiger charge is -2.02. The molecule has 88 valence electrons. The summed E-state index contributed by atoms with van der Waals surface area (Å²) in [4.78, 5) is 22.6. The van der Waals surface area contributed by atoms with Crippen molar-refractivity contribution in [1.29, 1.82) is 0 Å². The van der Waals surface area contributed by atoms with Crippen LogP contribution >= 0.6 is 0 Å². The number of aromatic nitrogens is 1. The van der Waals surface area contributed by atoms with Crippen molar-refractivity contribution in [2.24, 2.45) is 0 Å². The van der Waals surface area contributed by atoms with Crippen LogP contribution in [0.4, 0.5) is 5.82 Å². The summed E-state index contributed by atoms with van der Waals surface area (Å²) in [5, 5.41) is 8.38. The zero-order chi connectivity index (χ0) is 12.0. The van der Waals surface area contributed by atoms with Crippen LogP contribution in [-0.2, 0) is 9.59 Å². The first-order chi connectivity index (χ1) is 7.63. The van der Waals surface area contributed by atoms with E-state index < -0.39 is 11.8 Å². The Morgan fingerprint density at radius 2 is 2.19 bits per heavy atom. The monoisotopic (exact) mass is 225 g/mol. The van der Waals surface area contributed by atoms with Crippen molar-refractivity contribution < 1.29 is 14.1 Å². The van der Waals surface area contributed by atoms with E-state index in [1.807, 2.05) is 6.92 Å². The smallest absolute Gasteiger partial charge is 0.314 e. The molecule has 6 heteroatoms. The summed E-state index contributed by atoms with van der Waals surface area (Å²) in [6.07, 6.45) is 1.81. The fourth-order valence-corrected chi connectivity index (χ4v) is 1.06. The van der Waals surface area contributed by atoms with Gasteiger partial charge in [0, 0.05) is 12.6 Å². The highest BCUT2D eigenvalue weighted by Gasteiger charge is 2.14. The van der Waals surface area contributed by atoms with E-state index in [9.17, 15) is 9.59 Å². The predicted octanol–water partition coefficient (Wildman–Crippen LogP) is 0.838. The van der Waals surface area contributed by atoms with E-state index in [0.29, 0.717) is 12.3 Å². The first kappa shape index (κ1) is 12.2. The summed E-state index contributed by atoms with van der Waals surface area (Å²) in [5.74, 6) is -0.576. The number of hydrogen-bond acceptors (Lipinski definition) is 4. The van der Waals surface area contributed by atoms with Crippen LogP contribution < -0.4 is 10.6 Å². The van der Waals surface area contributed by atoms with E-state index in [0.717, 1.165) is 12.8 Å². The molecule has 0 aliphatic heterocycles. The molecule has 16 heavy (non-hydrogen) atoms. The zero-order valence-corrected chi connectivity index (χ0v) is 9.37. The van der Waals surface area contributed by atoms with E-state index in [-0.39, 0.29) is 5.82 Å². The van der Waals surface area contributed by atoms with Gasteiger partial charge in [-0.1, -0.05) is 18.5 Å². The Kier molecular flexibility index (Phi) is 4.50. The lowest BCUT2D eigenvalue weighted by Crippen LogP contribution is -2.35. The van der Waals surface area contributed by atoms with Gasteiger partial charge in [-0.3, -0.25) is 14.9 Å². The molecule has 2 amide bonds. The van der Waals surface area contributed by atoms with Crippen molar-refractivity contribution in [3.05, 3.63) is 11.8 Å². The fraction of sp³-hybridized carbons (Fsp3) is 0.500. The Bertz CT molecular complexity index is 373. The van der Waals surface area contributed by atoms with Crippen molar-refractivity contribution in [1.82, 2.24) is 10.5 Å². The number of hydrogen-bond donors (Lipinski definition) is 2. The topological polar surface area (TPSA) is 84.2 Å². The average molecular weight is 225 g/mol. The van der Waals surface area contributed by atoms with Gasteiger partial charge in [-0.2, -0.15) is 0 Å². The lowest BCUT2D eigenvalue weighted by atomic mass is 10.3. The maximum Gasteiger partial charge on any atom is 0.314 e. The largest absolute Gasteiger partial charge is 0.360 e. The number of nitrogens with zero attached hydrogens (tertiary/aromatic N) is 1. The molecular weight excluding hydrogens is 210 g/mol. The van der Waals surface area contributed by atoms with Crippen molar-refractivity contribution >= 4 is 17.6 Å². The van der Waals surface area contributed by atoms with Crippen LogP contribution in [-0.4, -0.2) is 23.5 Å². The van der Waals surface area contributed by atoms with Gasteiger partial charge >= 0.3 is 11.8 Å². The minimum atomic E-state index is -0.732. The predicted molar refractivity (Wildman–Crippen MR) is 57.8 cm³/mol. The molecule has 1 rings (SSSR count). The van der Waals surface area contributed by atoms with Crippen molar-refractivity contribution in [2.45, 2.75) is 26.7 Å². The number of amides is 2. The summed E-state index contributed by atoms with van der Waals surface area (Å²) >= 11 is 0. The van der Waals surface area contributed by atoms with E-state index in [4.69, 9.17) is 4.52 Å². The molecule has 2 N–H and O–H groups in total. The molecule has 1 aromatic rings. The number of aryl methyl sites for hydroxylation is 1. The van der Waals surface area contributed by atoms with Gasteiger partial charge in [0.25, 0.3) is 0 Å². The molecule has 0 saturated carbocycles. The first-order valence-electron chi connectivity index (χ1n) is 5.16. The molecule has 0 unspecified atom stereocenters. The molecule has 0 fully saturated rings. The molecule has 0 aromatic carbocycles. The molecule has 0 saturated heterocycles. The third-order valence-electron chi connectivity index (χ3n) is 1.89. The summed E-state index contributed by atoms with van der Waals surface area (Å²) in [5.41, 5.74) is 0. The summed E-state index contributed by atoms with van der Waals surface area (Å²) in [6, 6.07) is 1.54. The van der Waals surface area contributed by atoms with E-state index in [2.05, 4.69) is 15.8 Å². The van der Waals surface area contributed by atoms with Crippen LogP contribution in [0.2, 0.25) is 0 Å². The standard InChI is InChI=1S/C10H15N3O3/c1-3-4-5-11-9(14)10(15)12-8-6-7(2)16-13-8/h6H,3-5H2,1-2H3,(H,11,14)(H,12,13,15). The quantitative estimate of drug-likeness (QED) is 0.587. The van der Waals surface area contributed by atoms with Gasteiger partial charge in [0.1, 0.15) is 5.76 Å². The highest BCUT2D eigenvalue weighted by molar-refractivity contribution is 6.39. The number of unbranched alkanes of at least 4 members (excludes halogenated alkanes) is 1. The second-order valence-corrected chi connectivity index (χ2v) is 3.39. The number of carbonyl (C=O) groups is 2. The van der Waals surface area contributed by atoms with Gasteiger partial charge in [0.15, 0.2) is 5.82 Å². The number of rotatable bonds is 4. The van der Waals surface area contributed by atoms with Gasteiger partial charge in [-0.25, -0.2) is 0 Å². The van der Waals surface area contributed by atoms with Crippen molar-refractivity contribution in [3.8, 4) is 0 Å². The van der Waals surface area contributed by atoms with Gasteiger partial charge in [0.2, 0.25) is 0 Å². The van der Waals surface area contributed by atoms with Gasteiger partial charge in [-0.05, 0) is 13.3 Å². The Balaban J connectivity index is 2.37. The SMILES string of the molecule is CCCCNC(=O)C(=O)Nc1cc(C)on1. The second-order valence-electron chi connectivity index (χ2n) is 3.39. The zero-order valence-electron chi connectivity index (χ0n) is 9.37. The molecule has 0 spiro atoms. The minimum absolute atomic E-state index is 0.244. The molecule has 0 atom stereocenters. The van der Waals surface area contributed by atoms with Crippen molar-refractivity contribution in [2.75, 3.05) is 11.9 Å². The highest BCUT2D eigenvalue weighted by Crippen LogP contribution is 2.06. The van der Waals surface area contributed by atoms with E-state index >= 15 is 0 Å². The first-order valence-corrected chi connectivity index (χ1v) is 5.16. The molecule has 0 radical (unpaired) electrons. The summed E-state index contributed by atoms with van der Waals surface area (Å²) < 4.78 is 4.75. The Labute approximate surface area is 93.4 Å².